The average molecular weight is 430 g/mol. The van der Waals surface area contributed by atoms with Crippen LogP contribution in [0.25, 0.3) is 11.3 Å². The second-order valence-electron chi connectivity index (χ2n) is 6.84. The molecule has 0 aliphatic heterocycles. The molecule has 1 aromatic heterocycles. The first-order valence-corrected chi connectivity index (χ1v) is 9.82. The number of nitrogens with one attached hydrogen (secondary N) is 2. The molecule has 1 aliphatic carbocycles. The number of hydrogen-bond donors (Lipinski definition) is 2. The Morgan fingerprint density at radius 2 is 1.83 bits per heavy atom. The molecule has 0 unspecified atom stereocenters. The van der Waals surface area contributed by atoms with Crippen molar-refractivity contribution in [2.45, 2.75) is 25.8 Å². The Labute approximate surface area is 177 Å². The molecule has 0 bridgehead atoms. The van der Waals surface area contributed by atoms with Gasteiger partial charge in [0.2, 0.25) is 0 Å². The highest BCUT2D eigenvalue weighted by molar-refractivity contribution is 6.34. The number of carbonyl (C=O) groups is 2. The molecule has 0 saturated heterocycles. The minimum absolute atomic E-state index is 0.203. The highest BCUT2D eigenvalue weighted by Gasteiger charge is 2.26. The second kappa shape index (κ2) is 7.89. The SMILES string of the molecule is Cc1onc(-c2ccccc2Cl)c1C(=O)Nc1ccc(Cl)c(C(=O)NC2CC2)c1. The zero-order valence-corrected chi connectivity index (χ0v) is 17.0. The predicted octanol–water partition coefficient (Wildman–Crippen LogP) is 5.10. The van der Waals surface area contributed by atoms with Crippen molar-refractivity contribution in [1.29, 1.82) is 0 Å². The number of hydrogen-bond acceptors (Lipinski definition) is 4. The zero-order chi connectivity index (χ0) is 20.5. The number of halogens is 2. The second-order valence-corrected chi connectivity index (χ2v) is 7.65. The van der Waals surface area contributed by atoms with E-state index in [1.54, 1.807) is 49.4 Å². The lowest BCUT2D eigenvalue weighted by Crippen LogP contribution is -2.25. The number of rotatable bonds is 5. The molecule has 2 amide bonds. The van der Waals surface area contributed by atoms with E-state index in [4.69, 9.17) is 27.7 Å². The summed E-state index contributed by atoms with van der Waals surface area (Å²) in [6.07, 6.45) is 1.94. The van der Waals surface area contributed by atoms with Crippen LogP contribution in [0.2, 0.25) is 10.0 Å². The predicted molar refractivity (Wildman–Crippen MR) is 112 cm³/mol. The summed E-state index contributed by atoms with van der Waals surface area (Å²) in [5.41, 5.74) is 1.97. The van der Waals surface area contributed by atoms with Crippen LogP contribution in [0.4, 0.5) is 5.69 Å². The van der Waals surface area contributed by atoms with E-state index < -0.39 is 5.91 Å². The van der Waals surface area contributed by atoms with Gasteiger partial charge < -0.3 is 15.2 Å². The Morgan fingerprint density at radius 1 is 1.07 bits per heavy atom. The first-order chi connectivity index (χ1) is 13.9. The van der Waals surface area contributed by atoms with Gasteiger partial charge >= 0.3 is 0 Å². The fourth-order valence-electron chi connectivity index (χ4n) is 2.94. The number of anilines is 1. The molecule has 2 N–H and O–H groups in total. The lowest BCUT2D eigenvalue weighted by molar-refractivity contribution is 0.0949. The minimum atomic E-state index is -0.422. The van der Waals surface area contributed by atoms with Crippen LogP contribution in [-0.4, -0.2) is 23.0 Å². The van der Waals surface area contributed by atoms with Gasteiger partial charge in [-0.25, -0.2) is 0 Å². The minimum Gasteiger partial charge on any atom is -0.360 e. The van der Waals surface area contributed by atoms with Crippen LogP contribution in [0.15, 0.2) is 47.0 Å². The molecule has 29 heavy (non-hydrogen) atoms. The number of aromatic nitrogens is 1. The lowest BCUT2D eigenvalue weighted by Gasteiger charge is -2.10. The Hall–Kier alpha value is -2.83. The molecule has 148 valence electrons. The molecule has 1 fully saturated rings. The Balaban J connectivity index is 1.61. The standard InChI is InChI=1S/C21H17Cl2N3O3/c1-11-18(19(26-29-11)14-4-2-3-5-16(14)22)21(28)25-13-8-9-17(23)15(10-13)20(27)24-12-6-7-12/h2-5,8-10,12H,6-7H2,1H3,(H,24,27)(H,25,28). The molecule has 1 saturated carbocycles. The topological polar surface area (TPSA) is 84.2 Å². The molecule has 0 atom stereocenters. The Morgan fingerprint density at radius 3 is 2.55 bits per heavy atom. The van der Waals surface area contributed by atoms with Crippen molar-refractivity contribution >= 4 is 40.7 Å². The van der Waals surface area contributed by atoms with Gasteiger partial charge in [0, 0.05) is 17.3 Å². The van der Waals surface area contributed by atoms with Crippen LogP contribution in [0, 0.1) is 6.92 Å². The number of aryl methyl sites for hydroxylation is 1. The van der Waals surface area contributed by atoms with E-state index in [1.165, 1.54) is 0 Å². The third-order valence-corrected chi connectivity index (χ3v) is 5.26. The molecule has 6 nitrogen and oxygen atoms in total. The fraction of sp³-hybridized carbons (Fsp3) is 0.190. The van der Waals surface area contributed by atoms with Gasteiger partial charge in [-0.3, -0.25) is 9.59 Å². The van der Waals surface area contributed by atoms with E-state index in [2.05, 4.69) is 15.8 Å². The molecular formula is C21H17Cl2N3O3. The first kappa shape index (κ1) is 19.5. The summed E-state index contributed by atoms with van der Waals surface area (Å²) < 4.78 is 5.24. The maximum Gasteiger partial charge on any atom is 0.261 e. The van der Waals surface area contributed by atoms with Gasteiger partial charge in [-0.15, -0.1) is 0 Å². The molecule has 8 heteroatoms. The largest absolute Gasteiger partial charge is 0.360 e. The van der Waals surface area contributed by atoms with E-state index in [0.29, 0.717) is 38.3 Å². The van der Waals surface area contributed by atoms with Gasteiger partial charge in [0.15, 0.2) is 0 Å². The van der Waals surface area contributed by atoms with Crippen molar-refractivity contribution < 1.29 is 14.1 Å². The first-order valence-electron chi connectivity index (χ1n) is 9.07. The fourth-order valence-corrected chi connectivity index (χ4v) is 3.37. The summed E-state index contributed by atoms with van der Waals surface area (Å²) >= 11 is 12.4. The lowest BCUT2D eigenvalue weighted by atomic mass is 10.1. The summed E-state index contributed by atoms with van der Waals surface area (Å²) in [6.45, 7) is 1.65. The summed E-state index contributed by atoms with van der Waals surface area (Å²) in [5.74, 6) is -0.320. The van der Waals surface area contributed by atoms with Crippen LogP contribution in [0.3, 0.4) is 0 Å². The van der Waals surface area contributed by atoms with Crippen LogP contribution in [0.5, 0.6) is 0 Å². The molecule has 2 aromatic carbocycles. The Bertz CT molecular complexity index is 1110. The van der Waals surface area contributed by atoms with Gasteiger partial charge in [0.25, 0.3) is 11.8 Å². The van der Waals surface area contributed by atoms with Crippen LogP contribution < -0.4 is 10.6 Å². The van der Waals surface area contributed by atoms with Crippen molar-refractivity contribution in [3.63, 3.8) is 0 Å². The normalized spacial score (nSPS) is 13.2. The molecule has 0 radical (unpaired) electrons. The molecule has 1 aliphatic rings. The van der Waals surface area contributed by atoms with Crippen molar-refractivity contribution in [1.82, 2.24) is 10.5 Å². The quantitative estimate of drug-likeness (QED) is 0.590. The van der Waals surface area contributed by atoms with E-state index >= 15 is 0 Å². The van der Waals surface area contributed by atoms with E-state index in [1.807, 2.05) is 0 Å². The third-order valence-electron chi connectivity index (χ3n) is 4.60. The van der Waals surface area contributed by atoms with Crippen LogP contribution in [-0.2, 0) is 0 Å². The Kier molecular flexibility index (Phi) is 5.30. The van der Waals surface area contributed by atoms with Gasteiger partial charge in [-0.2, -0.15) is 0 Å². The van der Waals surface area contributed by atoms with E-state index in [0.717, 1.165) is 12.8 Å². The van der Waals surface area contributed by atoms with E-state index in [9.17, 15) is 9.59 Å². The summed E-state index contributed by atoms with van der Waals surface area (Å²) in [7, 11) is 0. The molecule has 3 aromatic rings. The molecule has 1 heterocycles. The van der Waals surface area contributed by atoms with Crippen LogP contribution >= 0.6 is 23.2 Å². The van der Waals surface area contributed by atoms with Gasteiger partial charge in [0.1, 0.15) is 17.0 Å². The van der Waals surface area contributed by atoms with Crippen molar-refractivity contribution in [2.75, 3.05) is 5.32 Å². The molecular weight excluding hydrogens is 413 g/mol. The monoisotopic (exact) mass is 429 g/mol. The summed E-state index contributed by atoms with van der Waals surface area (Å²) in [5, 5.41) is 10.5. The highest BCUT2D eigenvalue weighted by Crippen LogP contribution is 2.32. The van der Waals surface area contributed by atoms with Gasteiger partial charge in [0.05, 0.1) is 15.6 Å². The zero-order valence-electron chi connectivity index (χ0n) is 15.5. The smallest absolute Gasteiger partial charge is 0.261 e. The number of carbonyl (C=O) groups excluding carboxylic acids is 2. The highest BCUT2D eigenvalue weighted by atomic mass is 35.5. The maximum atomic E-state index is 13.0. The average Bonchev–Trinajstić information content (AvgIpc) is 3.42. The van der Waals surface area contributed by atoms with Crippen molar-refractivity contribution in [2.24, 2.45) is 0 Å². The van der Waals surface area contributed by atoms with Gasteiger partial charge in [-0.1, -0.05) is 46.6 Å². The number of nitrogens with zero attached hydrogens (tertiary/aromatic N) is 1. The van der Waals surface area contributed by atoms with Crippen molar-refractivity contribution in [3.8, 4) is 11.3 Å². The number of benzene rings is 2. The maximum absolute atomic E-state index is 13.0. The van der Waals surface area contributed by atoms with Gasteiger partial charge in [-0.05, 0) is 44.0 Å². The molecule has 0 spiro atoms. The summed E-state index contributed by atoms with van der Waals surface area (Å²) in [6, 6.07) is 12.0. The summed E-state index contributed by atoms with van der Waals surface area (Å²) in [4.78, 5) is 25.3. The van der Waals surface area contributed by atoms with Crippen molar-refractivity contribution in [3.05, 3.63) is 69.4 Å². The van der Waals surface area contributed by atoms with E-state index in [-0.39, 0.29) is 17.5 Å². The molecule has 4 rings (SSSR count). The van der Waals surface area contributed by atoms with Crippen LogP contribution in [0.1, 0.15) is 39.3 Å². The number of amides is 2. The third kappa shape index (κ3) is 4.13.